The van der Waals surface area contributed by atoms with E-state index in [1.165, 1.54) is 18.3 Å². The van der Waals surface area contributed by atoms with Gasteiger partial charge in [-0.3, -0.25) is 0 Å². The fraction of sp³-hybridized carbons (Fsp3) is 0.0769. The van der Waals surface area contributed by atoms with Crippen LogP contribution >= 0.6 is 0 Å². The maximum Gasteiger partial charge on any atom is 0.148 e. The van der Waals surface area contributed by atoms with E-state index in [0.29, 0.717) is 5.69 Å². The number of nitrogens with two attached hydrogens (primary N) is 1. The van der Waals surface area contributed by atoms with Crippen LogP contribution in [0.4, 0.5) is 21.6 Å². The third kappa shape index (κ3) is 2.38. The van der Waals surface area contributed by atoms with Crippen LogP contribution in [0.1, 0.15) is 11.1 Å². The molecule has 18 heavy (non-hydrogen) atoms. The van der Waals surface area contributed by atoms with Crippen molar-refractivity contribution in [1.29, 1.82) is 5.26 Å². The number of pyridine rings is 1. The van der Waals surface area contributed by atoms with Crippen molar-refractivity contribution in [3.8, 4) is 6.07 Å². The summed E-state index contributed by atoms with van der Waals surface area (Å²) in [5, 5.41) is 11.7. The molecule has 1 heterocycles. The molecular formula is C13H11FN4. The van der Waals surface area contributed by atoms with Gasteiger partial charge in [0.15, 0.2) is 0 Å². The largest absolute Gasteiger partial charge is 0.397 e. The third-order valence-electron chi connectivity index (χ3n) is 2.41. The number of hydrogen-bond donors (Lipinski definition) is 2. The second-order valence-electron chi connectivity index (χ2n) is 3.88. The molecule has 0 spiro atoms. The number of anilines is 3. The number of benzene rings is 1. The van der Waals surface area contributed by atoms with Gasteiger partial charge in [-0.15, -0.1) is 0 Å². The van der Waals surface area contributed by atoms with E-state index in [0.717, 1.165) is 5.56 Å². The Bertz CT molecular complexity index is 631. The first-order chi connectivity index (χ1) is 8.60. The molecule has 90 valence electrons. The fourth-order valence-corrected chi connectivity index (χ4v) is 1.51. The molecule has 1 aromatic heterocycles. The molecular weight excluding hydrogens is 231 g/mol. The number of rotatable bonds is 2. The molecule has 0 unspecified atom stereocenters. The highest BCUT2D eigenvalue weighted by Gasteiger charge is 2.08. The van der Waals surface area contributed by atoms with Crippen LogP contribution in [0.2, 0.25) is 0 Å². The van der Waals surface area contributed by atoms with Crippen LogP contribution in [-0.4, -0.2) is 4.98 Å². The molecule has 0 amide bonds. The van der Waals surface area contributed by atoms with E-state index in [-0.39, 0.29) is 17.1 Å². The van der Waals surface area contributed by atoms with E-state index >= 15 is 0 Å². The van der Waals surface area contributed by atoms with Crippen LogP contribution in [0.25, 0.3) is 0 Å². The highest BCUT2D eigenvalue weighted by atomic mass is 19.1. The molecule has 0 atom stereocenters. The highest BCUT2D eigenvalue weighted by molar-refractivity contribution is 5.65. The number of nitrogens with one attached hydrogen (secondary N) is 1. The fourth-order valence-electron chi connectivity index (χ4n) is 1.51. The SMILES string of the molecule is Cc1ccc(Nc2ncc(N)cc2C#N)c(F)c1. The zero-order valence-corrected chi connectivity index (χ0v) is 9.74. The lowest BCUT2D eigenvalue weighted by atomic mass is 10.2. The Hall–Kier alpha value is -2.61. The normalized spacial score (nSPS) is 9.83. The number of aromatic nitrogens is 1. The minimum Gasteiger partial charge on any atom is -0.397 e. The number of halogens is 1. The van der Waals surface area contributed by atoms with E-state index in [9.17, 15) is 4.39 Å². The van der Waals surface area contributed by atoms with E-state index < -0.39 is 5.82 Å². The van der Waals surface area contributed by atoms with Crippen molar-refractivity contribution in [2.75, 3.05) is 11.1 Å². The topological polar surface area (TPSA) is 74.7 Å². The molecule has 0 radical (unpaired) electrons. The van der Waals surface area contributed by atoms with Gasteiger partial charge in [0.1, 0.15) is 17.7 Å². The molecule has 3 N–H and O–H groups in total. The molecule has 5 heteroatoms. The Morgan fingerprint density at radius 2 is 2.17 bits per heavy atom. The molecule has 2 aromatic rings. The minimum absolute atomic E-state index is 0.273. The second-order valence-corrected chi connectivity index (χ2v) is 3.88. The molecule has 0 aliphatic carbocycles. The summed E-state index contributed by atoms with van der Waals surface area (Å²) in [6, 6.07) is 8.23. The summed E-state index contributed by atoms with van der Waals surface area (Å²) in [7, 11) is 0. The monoisotopic (exact) mass is 242 g/mol. The van der Waals surface area contributed by atoms with E-state index in [1.54, 1.807) is 19.1 Å². The summed E-state index contributed by atoms with van der Waals surface area (Å²) in [6.07, 6.45) is 1.41. The molecule has 0 aliphatic heterocycles. The Balaban J connectivity index is 2.37. The summed E-state index contributed by atoms with van der Waals surface area (Å²) in [5.74, 6) is -0.105. The average molecular weight is 242 g/mol. The Labute approximate surface area is 104 Å². The van der Waals surface area contributed by atoms with E-state index in [4.69, 9.17) is 11.0 Å². The molecule has 1 aromatic carbocycles. The lowest BCUT2D eigenvalue weighted by Crippen LogP contribution is -2.00. The first-order valence-electron chi connectivity index (χ1n) is 5.29. The first kappa shape index (κ1) is 11.9. The quantitative estimate of drug-likeness (QED) is 0.849. The number of hydrogen-bond acceptors (Lipinski definition) is 4. The molecule has 0 saturated carbocycles. The molecule has 0 aliphatic rings. The van der Waals surface area contributed by atoms with Crippen LogP contribution < -0.4 is 11.1 Å². The van der Waals surface area contributed by atoms with Gasteiger partial charge < -0.3 is 11.1 Å². The molecule has 0 fully saturated rings. The van der Waals surface area contributed by atoms with Crippen LogP contribution in [0.15, 0.2) is 30.5 Å². The third-order valence-corrected chi connectivity index (χ3v) is 2.41. The number of nitriles is 1. The number of nitrogens with zero attached hydrogens (tertiary/aromatic N) is 2. The van der Waals surface area contributed by atoms with Crippen molar-refractivity contribution in [3.05, 3.63) is 47.4 Å². The van der Waals surface area contributed by atoms with Crippen LogP contribution in [0, 0.1) is 24.1 Å². The van der Waals surface area contributed by atoms with Gasteiger partial charge in [0.2, 0.25) is 0 Å². The van der Waals surface area contributed by atoms with Crippen molar-refractivity contribution in [3.63, 3.8) is 0 Å². The van der Waals surface area contributed by atoms with Gasteiger partial charge in [-0.2, -0.15) is 5.26 Å². The van der Waals surface area contributed by atoms with Gasteiger partial charge in [-0.25, -0.2) is 9.37 Å². The smallest absolute Gasteiger partial charge is 0.148 e. The standard InChI is InChI=1S/C13H11FN4/c1-8-2-3-12(11(14)4-8)18-13-9(6-15)5-10(16)7-17-13/h2-5,7H,16H2,1H3,(H,17,18). The van der Waals surface area contributed by atoms with E-state index in [1.807, 2.05) is 6.07 Å². The average Bonchev–Trinajstić information content (AvgIpc) is 2.34. The Morgan fingerprint density at radius 3 is 2.83 bits per heavy atom. The lowest BCUT2D eigenvalue weighted by molar-refractivity contribution is 0.630. The van der Waals surface area contributed by atoms with Crippen molar-refractivity contribution in [1.82, 2.24) is 4.98 Å². The number of nitrogen functional groups attached to an aromatic ring is 1. The van der Waals surface area contributed by atoms with Gasteiger partial charge >= 0.3 is 0 Å². The predicted molar refractivity (Wildman–Crippen MR) is 67.8 cm³/mol. The maximum atomic E-state index is 13.7. The molecule has 0 bridgehead atoms. The number of aryl methyl sites for hydroxylation is 1. The minimum atomic E-state index is -0.391. The molecule has 4 nitrogen and oxygen atoms in total. The molecule has 0 saturated heterocycles. The summed E-state index contributed by atoms with van der Waals surface area (Å²) >= 11 is 0. The summed E-state index contributed by atoms with van der Waals surface area (Å²) in [6.45, 7) is 1.80. The van der Waals surface area contributed by atoms with E-state index in [2.05, 4.69) is 10.3 Å². The van der Waals surface area contributed by atoms with Crippen molar-refractivity contribution in [2.45, 2.75) is 6.92 Å². The van der Waals surface area contributed by atoms with Crippen LogP contribution in [-0.2, 0) is 0 Å². The zero-order chi connectivity index (χ0) is 13.1. The highest BCUT2D eigenvalue weighted by Crippen LogP contribution is 2.22. The van der Waals surface area contributed by atoms with Crippen LogP contribution in [0.3, 0.4) is 0 Å². The Morgan fingerprint density at radius 1 is 1.39 bits per heavy atom. The van der Waals surface area contributed by atoms with Crippen LogP contribution in [0.5, 0.6) is 0 Å². The van der Waals surface area contributed by atoms with Gasteiger partial charge in [0, 0.05) is 0 Å². The lowest BCUT2D eigenvalue weighted by Gasteiger charge is -2.09. The Kier molecular flexibility index (Phi) is 3.11. The second kappa shape index (κ2) is 4.72. The molecule has 2 rings (SSSR count). The van der Waals surface area contributed by atoms with Gasteiger partial charge in [0.05, 0.1) is 23.1 Å². The van der Waals surface area contributed by atoms with Crippen molar-refractivity contribution < 1.29 is 4.39 Å². The van der Waals surface area contributed by atoms with Crippen molar-refractivity contribution >= 4 is 17.2 Å². The maximum absolute atomic E-state index is 13.7. The van der Waals surface area contributed by atoms with Crippen molar-refractivity contribution in [2.24, 2.45) is 0 Å². The summed E-state index contributed by atoms with van der Waals surface area (Å²) in [4.78, 5) is 3.98. The van der Waals surface area contributed by atoms with Gasteiger partial charge in [0.25, 0.3) is 0 Å². The van der Waals surface area contributed by atoms with Gasteiger partial charge in [-0.05, 0) is 30.7 Å². The zero-order valence-electron chi connectivity index (χ0n) is 9.74. The van der Waals surface area contributed by atoms with Gasteiger partial charge in [-0.1, -0.05) is 6.07 Å². The summed E-state index contributed by atoms with van der Waals surface area (Å²) in [5.41, 5.74) is 7.29. The first-order valence-corrected chi connectivity index (χ1v) is 5.29. The predicted octanol–water partition coefficient (Wildman–Crippen LogP) is 2.73. The summed E-state index contributed by atoms with van der Waals surface area (Å²) < 4.78 is 13.7.